The van der Waals surface area contributed by atoms with Gasteiger partial charge in [-0.2, -0.15) is 0 Å². The lowest BCUT2D eigenvalue weighted by Gasteiger charge is -2.10. The predicted molar refractivity (Wildman–Crippen MR) is 90.6 cm³/mol. The number of nitrogens with one attached hydrogen (secondary N) is 1. The molecule has 5 nitrogen and oxygen atoms in total. The topological polar surface area (TPSA) is 56.1 Å². The molecule has 0 radical (unpaired) electrons. The van der Waals surface area contributed by atoms with Crippen molar-refractivity contribution in [2.75, 3.05) is 13.2 Å². The number of rotatable bonds is 6. The number of fused-ring (bicyclic) bond motifs is 1. The highest BCUT2D eigenvalue weighted by Gasteiger charge is 2.01. The van der Waals surface area contributed by atoms with Crippen LogP contribution in [0, 0.1) is 0 Å². The van der Waals surface area contributed by atoms with Crippen LogP contribution in [-0.2, 0) is 13.6 Å². The van der Waals surface area contributed by atoms with Gasteiger partial charge in [-0.25, -0.2) is 0 Å². The third kappa shape index (κ3) is 3.76. The van der Waals surface area contributed by atoms with Gasteiger partial charge in [0, 0.05) is 44.0 Å². The molecule has 3 rings (SSSR count). The molecule has 0 amide bonds. The zero-order valence-corrected chi connectivity index (χ0v) is 13.0. The van der Waals surface area contributed by atoms with Crippen molar-refractivity contribution in [2.45, 2.75) is 6.54 Å². The number of benzene rings is 1. The van der Waals surface area contributed by atoms with Gasteiger partial charge in [-0.05, 0) is 42.0 Å². The average molecular weight is 309 g/mol. The number of pyridine rings is 2. The summed E-state index contributed by atoms with van der Waals surface area (Å²) in [4.78, 5) is 15.6. The van der Waals surface area contributed by atoms with Crippen LogP contribution >= 0.6 is 0 Å². The summed E-state index contributed by atoms with van der Waals surface area (Å²) < 4.78 is 7.39. The Morgan fingerprint density at radius 2 is 1.96 bits per heavy atom. The lowest BCUT2D eigenvalue weighted by atomic mass is 10.2. The SMILES string of the molecule is Cn1c(=O)ccc2cc(OCCNCc3ccncc3)ccc21. The van der Waals surface area contributed by atoms with Crippen molar-refractivity contribution in [3.05, 3.63) is 70.8 Å². The molecule has 0 bridgehead atoms. The van der Waals surface area contributed by atoms with E-state index in [1.165, 1.54) is 5.56 Å². The second-order valence-electron chi connectivity index (χ2n) is 5.33. The Morgan fingerprint density at radius 3 is 2.78 bits per heavy atom. The first-order valence-electron chi connectivity index (χ1n) is 7.56. The predicted octanol–water partition coefficient (Wildman–Crippen LogP) is 2.10. The van der Waals surface area contributed by atoms with Gasteiger partial charge in [0.05, 0.1) is 5.52 Å². The summed E-state index contributed by atoms with van der Waals surface area (Å²) >= 11 is 0. The zero-order valence-electron chi connectivity index (χ0n) is 13.0. The van der Waals surface area contributed by atoms with Crippen LogP contribution in [-0.4, -0.2) is 22.7 Å². The van der Waals surface area contributed by atoms with Crippen LogP contribution in [0.15, 0.2) is 59.7 Å². The lowest BCUT2D eigenvalue weighted by Crippen LogP contribution is -2.20. The third-order valence-electron chi connectivity index (χ3n) is 3.72. The van der Waals surface area contributed by atoms with Crippen molar-refractivity contribution in [3.63, 3.8) is 0 Å². The summed E-state index contributed by atoms with van der Waals surface area (Å²) in [5, 5.41) is 4.32. The number of hydrogen-bond acceptors (Lipinski definition) is 4. The van der Waals surface area contributed by atoms with Crippen LogP contribution in [0.5, 0.6) is 5.75 Å². The molecule has 1 N–H and O–H groups in total. The largest absolute Gasteiger partial charge is 0.492 e. The fourth-order valence-corrected chi connectivity index (χ4v) is 2.43. The van der Waals surface area contributed by atoms with Crippen molar-refractivity contribution in [3.8, 4) is 5.75 Å². The Balaban J connectivity index is 1.53. The molecule has 2 aromatic heterocycles. The van der Waals surface area contributed by atoms with Gasteiger partial charge < -0.3 is 14.6 Å². The van der Waals surface area contributed by atoms with E-state index in [1.807, 2.05) is 36.4 Å². The average Bonchev–Trinajstić information content (AvgIpc) is 2.59. The van der Waals surface area contributed by atoms with Gasteiger partial charge in [0.25, 0.3) is 5.56 Å². The Kier molecular flexibility index (Phi) is 4.68. The fraction of sp³-hybridized carbons (Fsp3) is 0.222. The minimum Gasteiger partial charge on any atom is -0.492 e. The van der Waals surface area contributed by atoms with Crippen LogP contribution in [0.3, 0.4) is 0 Å². The van der Waals surface area contributed by atoms with E-state index in [0.717, 1.165) is 29.7 Å². The van der Waals surface area contributed by atoms with E-state index in [2.05, 4.69) is 10.3 Å². The second kappa shape index (κ2) is 7.07. The Bertz CT molecular complexity index is 844. The number of nitrogens with zero attached hydrogens (tertiary/aromatic N) is 2. The maximum Gasteiger partial charge on any atom is 0.250 e. The van der Waals surface area contributed by atoms with Crippen molar-refractivity contribution in [1.82, 2.24) is 14.9 Å². The van der Waals surface area contributed by atoms with E-state index >= 15 is 0 Å². The van der Waals surface area contributed by atoms with Gasteiger partial charge in [-0.15, -0.1) is 0 Å². The van der Waals surface area contributed by atoms with Crippen LogP contribution in [0.1, 0.15) is 5.56 Å². The molecule has 0 spiro atoms. The fourth-order valence-electron chi connectivity index (χ4n) is 2.43. The van der Waals surface area contributed by atoms with Crippen molar-refractivity contribution < 1.29 is 4.74 Å². The van der Waals surface area contributed by atoms with Gasteiger partial charge in [0.2, 0.25) is 0 Å². The van der Waals surface area contributed by atoms with Crippen LogP contribution in [0.4, 0.5) is 0 Å². The molecule has 0 aliphatic heterocycles. The first-order chi connectivity index (χ1) is 11.2. The maximum absolute atomic E-state index is 11.6. The molecule has 0 fully saturated rings. The standard InChI is InChI=1S/C18H19N3O2/c1-21-17-4-3-16(12-15(17)2-5-18(21)22)23-11-10-20-13-14-6-8-19-9-7-14/h2-9,12,20H,10-11,13H2,1H3. The number of aryl methyl sites for hydroxylation is 1. The summed E-state index contributed by atoms with van der Waals surface area (Å²) in [6.07, 6.45) is 3.58. The lowest BCUT2D eigenvalue weighted by molar-refractivity contribution is 0.314. The molecule has 0 saturated heterocycles. The Labute approximate surface area is 134 Å². The smallest absolute Gasteiger partial charge is 0.250 e. The van der Waals surface area contributed by atoms with Crippen molar-refractivity contribution >= 4 is 10.9 Å². The molecule has 0 atom stereocenters. The molecule has 5 heteroatoms. The summed E-state index contributed by atoms with van der Waals surface area (Å²) in [6, 6.07) is 13.1. The highest BCUT2D eigenvalue weighted by Crippen LogP contribution is 2.19. The van der Waals surface area contributed by atoms with Gasteiger partial charge >= 0.3 is 0 Å². The van der Waals surface area contributed by atoms with E-state index in [-0.39, 0.29) is 5.56 Å². The van der Waals surface area contributed by atoms with E-state index in [4.69, 9.17) is 4.74 Å². The van der Waals surface area contributed by atoms with Crippen molar-refractivity contribution in [1.29, 1.82) is 0 Å². The molecule has 0 aliphatic rings. The maximum atomic E-state index is 11.6. The van der Waals surface area contributed by atoms with Gasteiger partial charge in [0.1, 0.15) is 12.4 Å². The van der Waals surface area contributed by atoms with Crippen LogP contribution in [0.2, 0.25) is 0 Å². The molecular formula is C18H19N3O2. The van der Waals surface area contributed by atoms with E-state index in [9.17, 15) is 4.79 Å². The normalized spacial score (nSPS) is 10.8. The molecule has 3 aromatic rings. The molecule has 118 valence electrons. The molecule has 1 aromatic carbocycles. The van der Waals surface area contributed by atoms with E-state index in [1.54, 1.807) is 30.1 Å². The monoisotopic (exact) mass is 309 g/mol. The van der Waals surface area contributed by atoms with E-state index < -0.39 is 0 Å². The van der Waals surface area contributed by atoms with E-state index in [0.29, 0.717) is 6.61 Å². The number of ether oxygens (including phenoxy) is 1. The third-order valence-corrected chi connectivity index (χ3v) is 3.72. The quantitative estimate of drug-likeness (QED) is 0.709. The molecule has 23 heavy (non-hydrogen) atoms. The van der Waals surface area contributed by atoms with Gasteiger partial charge in [0.15, 0.2) is 0 Å². The van der Waals surface area contributed by atoms with Crippen molar-refractivity contribution in [2.24, 2.45) is 7.05 Å². The number of hydrogen-bond donors (Lipinski definition) is 1. The first-order valence-corrected chi connectivity index (χ1v) is 7.56. The molecule has 0 unspecified atom stereocenters. The second-order valence-corrected chi connectivity index (χ2v) is 5.33. The summed E-state index contributed by atoms with van der Waals surface area (Å²) in [7, 11) is 1.77. The minimum absolute atomic E-state index is 0.00789. The summed E-state index contributed by atoms with van der Waals surface area (Å²) in [6.45, 7) is 2.14. The highest BCUT2D eigenvalue weighted by atomic mass is 16.5. The zero-order chi connectivity index (χ0) is 16.1. The number of aromatic nitrogens is 2. The summed E-state index contributed by atoms with van der Waals surface area (Å²) in [5.74, 6) is 0.807. The van der Waals surface area contributed by atoms with Gasteiger partial charge in [-0.3, -0.25) is 9.78 Å². The van der Waals surface area contributed by atoms with Crippen LogP contribution < -0.4 is 15.6 Å². The summed E-state index contributed by atoms with van der Waals surface area (Å²) in [5.41, 5.74) is 2.10. The molecule has 0 aliphatic carbocycles. The first kappa shape index (κ1) is 15.2. The molecule has 0 saturated carbocycles. The minimum atomic E-state index is -0.00789. The Morgan fingerprint density at radius 1 is 1.13 bits per heavy atom. The highest BCUT2D eigenvalue weighted by molar-refractivity contribution is 5.80. The van der Waals surface area contributed by atoms with Crippen LogP contribution in [0.25, 0.3) is 10.9 Å². The molecule has 2 heterocycles. The molecular weight excluding hydrogens is 290 g/mol. The Hall–Kier alpha value is -2.66. The van der Waals surface area contributed by atoms with Gasteiger partial charge in [-0.1, -0.05) is 0 Å².